The third kappa shape index (κ3) is 65.9. The van der Waals surface area contributed by atoms with E-state index in [1.807, 2.05) is 21.1 Å². The van der Waals surface area contributed by atoms with Gasteiger partial charge in [0.2, 0.25) is 0 Å². The van der Waals surface area contributed by atoms with Crippen LogP contribution in [0.2, 0.25) is 0 Å². The van der Waals surface area contributed by atoms with Crippen molar-refractivity contribution in [3.05, 3.63) is 85.1 Å². The number of carboxylic acids is 1. The van der Waals surface area contributed by atoms with E-state index in [0.29, 0.717) is 23.9 Å². The third-order valence-corrected chi connectivity index (χ3v) is 15.1. The van der Waals surface area contributed by atoms with Crippen LogP contribution in [0, 0.1) is 0 Å². The lowest BCUT2D eigenvalue weighted by molar-refractivity contribution is -0.870. The van der Waals surface area contributed by atoms with Crippen LogP contribution in [0.25, 0.3) is 0 Å². The molecule has 0 fully saturated rings. The number of hydrogen-bond donors (Lipinski definition) is 1. The molecule has 9 nitrogen and oxygen atoms in total. The predicted molar refractivity (Wildman–Crippen MR) is 355 cm³/mol. The highest BCUT2D eigenvalue weighted by Crippen LogP contribution is 2.18. The number of likely N-dealkylation sites (N-methyl/N-ethyl adjacent to an activating group) is 1. The zero-order valence-electron chi connectivity index (χ0n) is 54.8. The fourth-order valence-electron chi connectivity index (χ4n) is 9.84. The number of aliphatic carboxylic acids is 1. The Hall–Kier alpha value is -3.53. The maximum absolute atomic E-state index is 12.9. The average molecular weight is 1160 g/mol. The summed E-state index contributed by atoms with van der Waals surface area (Å²) in [6, 6.07) is 0. The van der Waals surface area contributed by atoms with Crippen LogP contribution in [0.3, 0.4) is 0 Å². The molecule has 9 heteroatoms. The van der Waals surface area contributed by atoms with Gasteiger partial charge in [-0.1, -0.05) is 292 Å². The molecule has 1 N–H and O–H groups in total. The van der Waals surface area contributed by atoms with Crippen LogP contribution >= 0.6 is 0 Å². The largest absolute Gasteiger partial charge is 0.477 e. The molecular weight excluding hydrogens is 1030 g/mol. The van der Waals surface area contributed by atoms with Crippen LogP contribution in [0.5, 0.6) is 0 Å². The number of allylic oxidation sites excluding steroid dienone is 14. The Morgan fingerprint density at radius 2 is 0.687 bits per heavy atom. The number of carbonyl (C=O) groups excluding carboxylic acids is 2. The topological polar surface area (TPSA) is 108 Å². The van der Waals surface area contributed by atoms with E-state index in [1.165, 1.54) is 193 Å². The lowest BCUT2D eigenvalue weighted by atomic mass is 10.0. The molecule has 0 spiro atoms. The summed E-state index contributed by atoms with van der Waals surface area (Å²) >= 11 is 0. The van der Waals surface area contributed by atoms with Gasteiger partial charge in [-0.2, -0.15) is 0 Å². The Balaban J connectivity index is 4.07. The summed E-state index contributed by atoms with van der Waals surface area (Å²) in [5.41, 5.74) is 0. The number of esters is 2. The summed E-state index contributed by atoms with van der Waals surface area (Å²) in [6.07, 6.45) is 84.2. The van der Waals surface area contributed by atoms with E-state index in [0.717, 1.165) is 83.5 Å². The molecule has 2 unspecified atom stereocenters. The van der Waals surface area contributed by atoms with Gasteiger partial charge in [-0.3, -0.25) is 9.59 Å². The van der Waals surface area contributed by atoms with E-state index in [-0.39, 0.29) is 32.2 Å². The van der Waals surface area contributed by atoms with Crippen LogP contribution in [-0.2, 0) is 33.3 Å². The van der Waals surface area contributed by atoms with Crippen molar-refractivity contribution < 1.29 is 42.9 Å². The van der Waals surface area contributed by atoms with Gasteiger partial charge in [0.15, 0.2) is 6.10 Å². The Bertz CT molecular complexity index is 1640. The van der Waals surface area contributed by atoms with Gasteiger partial charge in [0.25, 0.3) is 6.29 Å². The molecular formula is C74H132NO8+. The number of nitrogens with zero attached hydrogens (tertiary/aromatic N) is 1. The van der Waals surface area contributed by atoms with Gasteiger partial charge in [-0.25, -0.2) is 4.79 Å². The average Bonchev–Trinajstić information content (AvgIpc) is 3.46. The maximum atomic E-state index is 12.9. The van der Waals surface area contributed by atoms with Crippen LogP contribution < -0.4 is 0 Å². The molecule has 2 atom stereocenters. The van der Waals surface area contributed by atoms with E-state index < -0.39 is 24.3 Å². The molecule has 0 aliphatic heterocycles. The quantitative estimate of drug-likeness (QED) is 0.0211. The summed E-state index contributed by atoms with van der Waals surface area (Å²) in [6.45, 7) is 4.77. The SMILES string of the molecule is CC/C=C\C/C=C\C/C=C\C/C=C\C/C=C\CCCCCCCCCC(=O)OC(COC(=O)CCCCCCCCCCCCCCCCCCCCCCCCC/C=C\C/C=C\CCCCCCC)COC(OCC[N+](C)(C)C)C(=O)O. The van der Waals surface area contributed by atoms with Crippen molar-refractivity contribution in [1.82, 2.24) is 0 Å². The minimum Gasteiger partial charge on any atom is -0.477 e. The van der Waals surface area contributed by atoms with Crippen LogP contribution in [-0.4, -0.2) is 87.4 Å². The Morgan fingerprint density at radius 1 is 0.373 bits per heavy atom. The number of hydrogen-bond acceptors (Lipinski definition) is 7. The van der Waals surface area contributed by atoms with E-state index in [1.54, 1.807) is 0 Å². The van der Waals surface area contributed by atoms with Gasteiger partial charge in [0.1, 0.15) is 13.2 Å². The highest BCUT2D eigenvalue weighted by atomic mass is 16.7. The summed E-state index contributed by atoms with van der Waals surface area (Å²) in [5.74, 6) is -2.01. The predicted octanol–water partition coefficient (Wildman–Crippen LogP) is 21.5. The zero-order chi connectivity index (χ0) is 60.5. The van der Waals surface area contributed by atoms with Gasteiger partial charge >= 0.3 is 17.9 Å². The number of carbonyl (C=O) groups is 3. The molecule has 0 aliphatic carbocycles. The number of rotatable bonds is 64. The molecule has 83 heavy (non-hydrogen) atoms. The first-order valence-electron chi connectivity index (χ1n) is 34.8. The second kappa shape index (κ2) is 64.5. The second-order valence-corrected chi connectivity index (χ2v) is 24.5. The second-order valence-electron chi connectivity index (χ2n) is 24.5. The van der Waals surface area contributed by atoms with Gasteiger partial charge in [0, 0.05) is 12.8 Å². The zero-order valence-corrected chi connectivity index (χ0v) is 54.8. The first-order chi connectivity index (χ1) is 40.6. The van der Waals surface area contributed by atoms with Crippen molar-refractivity contribution in [2.45, 2.75) is 322 Å². The highest BCUT2D eigenvalue weighted by Gasteiger charge is 2.25. The fraction of sp³-hybridized carbons (Fsp3) is 0.770. The number of carboxylic acid groups (broad SMARTS) is 1. The van der Waals surface area contributed by atoms with Crippen molar-refractivity contribution in [2.75, 3.05) is 47.5 Å². The summed E-state index contributed by atoms with van der Waals surface area (Å²) in [7, 11) is 5.97. The molecule has 0 aromatic carbocycles. The van der Waals surface area contributed by atoms with Gasteiger partial charge < -0.3 is 28.5 Å². The Kier molecular flexibility index (Phi) is 61.7. The normalized spacial score (nSPS) is 13.2. The molecule has 0 rings (SSSR count). The summed E-state index contributed by atoms with van der Waals surface area (Å²) in [4.78, 5) is 37.6. The molecule has 0 aromatic rings. The van der Waals surface area contributed by atoms with Crippen molar-refractivity contribution in [3.63, 3.8) is 0 Å². The maximum Gasteiger partial charge on any atom is 0.361 e. The molecule has 0 bridgehead atoms. The van der Waals surface area contributed by atoms with E-state index in [4.69, 9.17) is 18.9 Å². The molecule has 0 saturated carbocycles. The van der Waals surface area contributed by atoms with Crippen molar-refractivity contribution in [2.24, 2.45) is 0 Å². The first kappa shape index (κ1) is 79.5. The fourth-order valence-corrected chi connectivity index (χ4v) is 9.84. The van der Waals surface area contributed by atoms with E-state index >= 15 is 0 Å². The standard InChI is InChI=1S/C74H131NO8/c1-6-8-10-12-14-16-18-20-22-24-26-28-30-31-32-33-34-35-36-37-38-39-40-41-43-44-46-48-50-52-54-56-58-60-62-64-71(76)81-68-70(69-82-74(73(78)79)80-67-66-75(3,4)5)83-72(77)65-63-61-59-57-55-53-51-49-47-45-42-29-27-25-23-21-19-17-15-13-11-9-7-2/h9,11,15,17-18,20-21,23-24,26-27,29,45,47,70,74H,6-8,10,12-14,16,19,22,25,28,30-44,46,48-69H2,1-5H3/p+1/b11-9-,17-15-,20-18-,23-21-,26-24-,29-27-,47-45-. The minimum atomic E-state index is -1.52. The molecule has 0 amide bonds. The van der Waals surface area contributed by atoms with E-state index in [9.17, 15) is 19.5 Å². The molecule has 0 saturated heterocycles. The molecule has 0 radical (unpaired) electrons. The first-order valence-corrected chi connectivity index (χ1v) is 34.8. The van der Waals surface area contributed by atoms with Crippen molar-refractivity contribution in [3.8, 4) is 0 Å². The van der Waals surface area contributed by atoms with Gasteiger partial charge in [-0.15, -0.1) is 0 Å². The van der Waals surface area contributed by atoms with Crippen LogP contribution in [0.4, 0.5) is 0 Å². The van der Waals surface area contributed by atoms with Crippen molar-refractivity contribution >= 4 is 17.9 Å². The number of ether oxygens (including phenoxy) is 4. The van der Waals surface area contributed by atoms with Crippen LogP contribution in [0.15, 0.2) is 85.1 Å². The van der Waals surface area contributed by atoms with Crippen molar-refractivity contribution in [1.29, 1.82) is 0 Å². The highest BCUT2D eigenvalue weighted by molar-refractivity contribution is 5.71. The van der Waals surface area contributed by atoms with Gasteiger partial charge in [-0.05, 0) is 89.9 Å². The Labute approximate surface area is 512 Å². The van der Waals surface area contributed by atoms with Crippen LogP contribution in [0.1, 0.15) is 309 Å². The number of unbranched alkanes of at least 4 members (excludes halogenated alkanes) is 35. The molecule has 480 valence electrons. The lowest BCUT2D eigenvalue weighted by Crippen LogP contribution is -2.40. The van der Waals surface area contributed by atoms with Gasteiger partial charge in [0.05, 0.1) is 34.4 Å². The summed E-state index contributed by atoms with van der Waals surface area (Å²) in [5, 5.41) is 9.74. The Morgan fingerprint density at radius 3 is 1.02 bits per heavy atom. The summed E-state index contributed by atoms with van der Waals surface area (Å²) < 4.78 is 23.0. The minimum absolute atomic E-state index is 0.183. The molecule has 0 heterocycles. The lowest BCUT2D eigenvalue weighted by Gasteiger charge is -2.25. The number of quaternary nitrogens is 1. The third-order valence-electron chi connectivity index (χ3n) is 15.1. The molecule has 0 aromatic heterocycles. The monoisotopic (exact) mass is 1160 g/mol. The smallest absolute Gasteiger partial charge is 0.361 e. The molecule has 0 aliphatic rings. The van der Waals surface area contributed by atoms with E-state index in [2.05, 4.69) is 98.9 Å².